The predicted molar refractivity (Wildman–Crippen MR) is 93.0 cm³/mol. The minimum absolute atomic E-state index is 0.156. The Morgan fingerprint density at radius 3 is 2.75 bits per heavy atom. The van der Waals surface area contributed by atoms with Gasteiger partial charge < -0.3 is 14.2 Å². The van der Waals surface area contributed by atoms with Crippen LogP contribution in [0.2, 0.25) is 0 Å². The van der Waals surface area contributed by atoms with E-state index in [9.17, 15) is 4.79 Å². The van der Waals surface area contributed by atoms with Crippen LogP contribution in [-0.2, 0) is 17.9 Å². The molecule has 24 heavy (non-hydrogen) atoms. The molecule has 0 spiro atoms. The van der Waals surface area contributed by atoms with Crippen LogP contribution in [0, 0.1) is 0 Å². The van der Waals surface area contributed by atoms with Crippen molar-refractivity contribution in [1.29, 1.82) is 0 Å². The molecule has 1 heterocycles. The fourth-order valence-electron chi connectivity index (χ4n) is 2.52. The van der Waals surface area contributed by atoms with E-state index < -0.39 is 0 Å². The highest BCUT2D eigenvalue weighted by Crippen LogP contribution is 2.30. The fraction of sp³-hybridized carbons (Fsp3) is 0.471. The lowest BCUT2D eigenvalue weighted by Crippen LogP contribution is -2.34. The maximum Gasteiger partial charge on any atom is 0.233 e. The second-order valence-corrected chi connectivity index (χ2v) is 6.73. The van der Waals surface area contributed by atoms with Gasteiger partial charge in [-0.15, -0.1) is 10.2 Å². The molecule has 1 aliphatic carbocycles. The van der Waals surface area contributed by atoms with Gasteiger partial charge in [0.15, 0.2) is 5.16 Å². The van der Waals surface area contributed by atoms with Crippen molar-refractivity contribution in [3.63, 3.8) is 0 Å². The van der Waals surface area contributed by atoms with Gasteiger partial charge in [-0.1, -0.05) is 23.9 Å². The Kier molecular flexibility index (Phi) is 5.40. The highest BCUT2D eigenvalue weighted by Gasteiger charge is 2.32. The largest absolute Gasteiger partial charge is 0.497 e. The number of carbonyl (C=O) groups excluding carboxylic acids is 1. The molecule has 0 radical (unpaired) electrons. The van der Waals surface area contributed by atoms with Gasteiger partial charge in [-0.25, -0.2) is 0 Å². The third-order valence-electron chi connectivity index (χ3n) is 4.07. The van der Waals surface area contributed by atoms with E-state index in [2.05, 4.69) is 10.2 Å². The van der Waals surface area contributed by atoms with Crippen LogP contribution < -0.4 is 4.74 Å². The lowest BCUT2D eigenvalue weighted by Gasteiger charge is -2.22. The number of ether oxygens (including phenoxy) is 1. The number of amides is 1. The minimum Gasteiger partial charge on any atom is -0.497 e. The van der Waals surface area contributed by atoms with Crippen molar-refractivity contribution >= 4 is 17.7 Å². The van der Waals surface area contributed by atoms with E-state index in [1.54, 1.807) is 13.4 Å². The minimum atomic E-state index is 0.156. The first-order valence-electron chi connectivity index (χ1n) is 8.14. The number of nitrogens with zero attached hydrogens (tertiary/aromatic N) is 4. The number of benzene rings is 1. The lowest BCUT2D eigenvalue weighted by atomic mass is 10.2. The Balaban J connectivity index is 1.61. The number of thioether (sulfide) groups is 1. The summed E-state index contributed by atoms with van der Waals surface area (Å²) in [5.74, 6) is 1.38. The van der Waals surface area contributed by atoms with E-state index in [1.807, 2.05) is 40.7 Å². The van der Waals surface area contributed by atoms with Gasteiger partial charge in [0, 0.05) is 19.1 Å². The molecule has 0 aliphatic heterocycles. The van der Waals surface area contributed by atoms with E-state index in [4.69, 9.17) is 4.74 Å². The van der Waals surface area contributed by atoms with Crippen LogP contribution in [0.25, 0.3) is 0 Å². The molecule has 128 valence electrons. The summed E-state index contributed by atoms with van der Waals surface area (Å²) in [5.41, 5.74) is 1.12. The van der Waals surface area contributed by atoms with Crippen molar-refractivity contribution in [2.75, 3.05) is 12.9 Å². The Bertz CT molecular complexity index is 682. The first kappa shape index (κ1) is 16.8. The first-order valence-corrected chi connectivity index (χ1v) is 9.12. The normalized spacial score (nSPS) is 13.8. The second-order valence-electron chi connectivity index (χ2n) is 5.79. The SMILES string of the molecule is CCn1cnnc1SCC(=O)N(Cc1ccc(OC)cc1)C1CC1. The second kappa shape index (κ2) is 7.70. The van der Waals surface area contributed by atoms with Crippen LogP contribution in [-0.4, -0.2) is 44.5 Å². The Morgan fingerprint density at radius 1 is 1.38 bits per heavy atom. The van der Waals surface area contributed by atoms with E-state index in [0.717, 1.165) is 35.9 Å². The third-order valence-corrected chi connectivity index (χ3v) is 5.03. The smallest absolute Gasteiger partial charge is 0.233 e. The monoisotopic (exact) mass is 346 g/mol. The number of rotatable bonds is 8. The molecular weight excluding hydrogens is 324 g/mol. The summed E-state index contributed by atoms with van der Waals surface area (Å²) in [7, 11) is 1.65. The molecule has 1 fully saturated rings. The summed E-state index contributed by atoms with van der Waals surface area (Å²) in [5, 5.41) is 8.77. The Hall–Kier alpha value is -2.02. The Morgan fingerprint density at radius 2 is 2.12 bits per heavy atom. The number of methoxy groups -OCH3 is 1. The van der Waals surface area contributed by atoms with Crippen LogP contribution in [0.4, 0.5) is 0 Å². The zero-order valence-electron chi connectivity index (χ0n) is 14.0. The molecule has 1 amide bonds. The Labute approximate surface area is 146 Å². The predicted octanol–water partition coefficient (Wildman–Crippen LogP) is 2.59. The van der Waals surface area contributed by atoms with Gasteiger partial charge in [-0.2, -0.15) is 0 Å². The summed E-state index contributed by atoms with van der Waals surface area (Å²) >= 11 is 1.45. The van der Waals surface area contributed by atoms with Gasteiger partial charge in [0.25, 0.3) is 0 Å². The highest BCUT2D eigenvalue weighted by atomic mass is 32.2. The standard InChI is InChI=1S/C17H22N4O2S/c1-3-20-12-18-19-17(20)24-11-16(22)21(14-6-7-14)10-13-4-8-15(23-2)9-5-13/h4-5,8-9,12,14H,3,6-7,10-11H2,1-2H3. The maximum absolute atomic E-state index is 12.7. The summed E-state index contributed by atoms with van der Waals surface area (Å²) in [6, 6.07) is 8.28. The van der Waals surface area contributed by atoms with Crippen molar-refractivity contribution in [1.82, 2.24) is 19.7 Å². The topological polar surface area (TPSA) is 60.2 Å². The molecule has 3 rings (SSSR count). The summed E-state index contributed by atoms with van der Waals surface area (Å²) in [4.78, 5) is 14.7. The van der Waals surface area contributed by atoms with Gasteiger partial charge in [0.2, 0.25) is 5.91 Å². The number of hydrogen-bond donors (Lipinski definition) is 0. The van der Waals surface area contributed by atoms with Gasteiger partial charge >= 0.3 is 0 Å². The molecule has 0 unspecified atom stereocenters. The molecule has 1 aromatic carbocycles. The van der Waals surface area contributed by atoms with Gasteiger partial charge in [0.1, 0.15) is 12.1 Å². The summed E-state index contributed by atoms with van der Waals surface area (Å²) in [6.07, 6.45) is 3.89. The van der Waals surface area contributed by atoms with Crippen molar-refractivity contribution in [3.05, 3.63) is 36.2 Å². The molecule has 0 N–H and O–H groups in total. The maximum atomic E-state index is 12.7. The molecule has 7 heteroatoms. The van der Waals surface area contributed by atoms with Gasteiger partial charge in [0.05, 0.1) is 12.9 Å². The molecule has 6 nitrogen and oxygen atoms in total. The van der Waals surface area contributed by atoms with E-state index in [1.165, 1.54) is 11.8 Å². The summed E-state index contributed by atoms with van der Waals surface area (Å²) < 4.78 is 7.13. The van der Waals surface area contributed by atoms with Crippen LogP contribution in [0.1, 0.15) is 25.3 Å². The van der Waals surface area contributed by atoms with Crippen LogP contribution in [0.3, 0.4) is 0 Å². The average molecular weight is 346 g/mol. The molecule has 0 saturated heterocycles. The molecular formula is C17H22N4O2S. The highest BCUT2D eigenvalue weighted by molar-refractivity contribution is 7.99. The number of carbonyl (C=O) groups is 1. The van der Waals surface area contributed by atoms with E-state index >= 15 is 0 Å². The van der Waals surface area contributed by atoms with Crippen LogP contribution in [0.15, 0.2) is 35.7 Å². The fourth-order valence-corrected chi connectivity index (χ4v) is 3.38. The van der Waals surface area contributed by atoms with Gasteiger partial charge in [-0.05, 0) is 37.5 Å². The molecule has 2 aromatic rings. The number of aryl methyl sites for hydroxylation is 1. The zero-order valence-corrected chi connectivity index (χ0v) is 14.8. The molecule has 0 bridgehead atoms. The third kappa shape index (κ3) is 4.08. The van der Waals surface area contributed by atoms with Crippen molar-refractivity contribution < 1.29 is 9.53 Å². The number of aromatic nitrogens is 3. The quantitative estimate of drug-likeness (QED) is 0.688. The zero-order chi connectivity index (χ0) is 16.9. The van der Waals surface area contributed by atoms with Gasteiger partial charge in [-0.3, -0.25) is 4.79 Å². The average Bonchev–Trinajstić information content (AvgIpc) is 3.35. The van der Waals surface area contributed by atoms with E-state index in [0.29, 0.717) is 18.3 Å². The number of hydrogen-bond acceptors (Lipinski definition) is 5. The van der Waals surface area contributed by atoms with Crippen molar-refractivity contribution in [2.45, 2.75) is 44.1 Å². The van der Waals surface area contributed by atoms with E-state index in [-0.39, 0.29) is 5.91 Å². The van der Waals surface area contributed by atoms with Crippen molar-refractivity contribution in [2.24, 2.45) is 0 Å². The molecule has 1 saturated carbocycles. The van der Waals surface area contributed by atoms with Crippen LogP contribution >= 0.6 is 11.8 Å². The molecule has 1 aromatic heterocycles. The lowest BCUT2D eigenvalue weighted by molar-refractivity contribution is -0.129. The first-order chi connectivity index (χ1) is 11.7. The van der Waals surface area contributed by atoms with Crippen molar-refractivity contribution in [3.8, 4) is 5.75 Å². The summed E-state index contributed by atoms with van der Waals surface area (Å²) in [6.45, 7) is 3.49. The molecule has 0 atom stereocenters. The molecule has 1 aliphatic rings. The van der Waals surface area contributed by atoms with Crippen LogP contribution in [0.5, 0.6) is 5.75 Å².